The second kappa shape index (κ2) is 8.15. The average molecular weight is 346 g/mol. The van der Waals surface area contributed by atoms with Crippen LogP contribution in [0.15, 0.2) is 85.2 Å². The highest BCUT2D eigenvalue weighted by Gasteiger charge is 2.31. The van der Waals surface area contributed by atoms with Gasteiger partial charge in [0.2, 0.25) is 0 Å². The Labute approximate surface area is 154 Å². The maximum atomic E-state index is 6.04. The number of aromatic nitrogens is 1. The Hall–Kier alpha value is -2.65. The van der Waals surface area contributed by atoms with Crippen LogP contribution in [0.2, 0.25) is 0 Å². The Bertz CT molecular complexity index is 797. The van der Waals surface area contributed by atoms with Crippen molar-refractivity contribution in [3.63, 3.8) is 0 Å². The second-order valence-corrected chi connectivity index (χ2v) is 6.82. The van der Waals surface area contributed by atoms with Crippen LogP contribution in [-0.2, 0) is 17.9 Å². The molecule has 0 amide bonds. The Kier molecular flexibility index (Phi) is 5.27. The smallest absolute Gasteiger partial charge is 0.173 e. The van der Waals surface area contributed by atoms with Gasteiger partial charge in [-0.2, -0.15) is 0 Å². The van der Waals surface area contributed by atoms with Gasteiger partial charge in [-0.15, -0.1) is 0 Å². The van der Waals surface area contributed by atoms with Gasteiger partial charge in [0.1, 0.15) is 11.9 Å². The molecule has 0 unspecified atom stereocenters. The lowest BCUT2D eigenvalue weighted by Crippen LogP contribution is -2.39. The molecule has 4 rings (SSSR count). The minimum Gasteiger partial charge on any atom is -0.490 e. The zero-order valence-corrected chi connectivity index (χ0v) is 14.8. The van der Waals surface area contributed by atoms with Crippen LogP contribution >= 0.6 is 0 Å². The Morgan fingerprint density at radius 2 is 1.35 bits per heavy atom. The third kappa shape index (κ3) is 4.50. The van der Waals surface area contributed by atoms with Crippen molar-refractivity contribution in [1.82, 2.24) is 0 Å². The van der Waals surface area contributed by atoms with E-state index in [-0.39, 0.29) is 6.10 Å². The summed E-state index contributed by atoms with van der Waals surface area (Å²) < 4.78 is 14.1. The molecule has 0 aliphatic heterocycles. The quantitative estimate of drug-likeness (QED) is 0.600. The minimum absolute atomic E-state index is 0.265. The highest BCUT2D eigenvalue weighted by molar-refractivity contribution is 5.17. The summed E-state index contributed by atoms with van der Waals surface area (Å²) >= 11 is 0. The molecule has 0 atom stereocenters. The molecule has 0 N–H and O–H groups in total. The fourth-order valence-electron chi connectivity index (χ4n) is 3.15. The zero-order chi connectivity index (χ0) is 17.6. The highest BCUT2D eigenvalue weighted by atomic mass is 16.5. The van der Waals surface area contributed by atoms with Gasteiger partial charge in [0.15, 0.2) is 18.9 Å². The fourth-order valence-corrected chi connectivity index (χ4v) is 3.15. The molecule has 1 aliphatic carbocycles. The van der Waals surface area contributed by atoms with Crippen LogP contribution in [0.1, 0.15) is 24.0 Å². The van der Waals surface area contributed by atoms with Gasteiger partial charge in [0.25, 0.3) is 0 Å². The van der Waals surface area contributed by atoms with Gasteiger partial charge in [-0.05, 0) is 5.56 Å². The van der Waals surface area contributed by atoms with Crippen LogP contribution in [0.3, 0.4) is 0 Å². The number of ether oxygens (including phenoxy) is 2. The molecule has 0 saturated heterocycles. The van der Waals surface area contributed by atoms with Gasteiger partial charge in [-0.3, -0.25) is 0 Å². The molecule has 1 heterocycles. The predicted octanol–water partition coefficient (Wildman–Crippen LogP) is 4.15. The molecular formula is C23H24NO2+. The first-order chi connectivity index (χ1) is 12.8. The number of pyridine rings is 1. The molecule has 0 bridgehead atoms. The van der Waals surface area contributed by atoms with E-state index in [0.29, 0.717) is 12.7 Å². The van der Waals surface area contributed by atoms with Crippen LogP contribution in [0.25, 0.3) is 0 Å². The summed E-state index contributed by atoms with van der Waals surface area (Å²) in [6, 6.07) is 24.9. The fraction of sp³-hybridized carbons (Fsp3) is 0.261. The number of hydrogen-bond acceptors (Lipinski definition) is 2. The summed E-state index contributed by atoms with van der Waals surface area (Å²) in [5.41, 5.74) is 2.52. The molecule has 0 radical (unpaired) electrons. The van der Waals surface area contributed by atoms with E-state index in [1.165, 1.54) is 11.1 Å². The van der Waals surface area contributed by atoms with Crippen molar-refractivity contribution < 1.29 is 14.0 Å². The van der Waals surface area contributed by atoms with E-state index in [1.54, 1.807) is 0 Å². The average Bonchev–Trinajstić information content (AvgIpc) is 2.66. The Morgan fingerprint density at radius 3 is 2.00 bits per heavy atom. The van der Waals surface area contributed by atoms with Crippen molar-refractivity contribution >= 4 is 0 Å². The van der Waals surface area contributed by atoms with E-state index in [2.05, 4.69) is 53.4 Å². The van der Waals surface area contributed by atoms with Crippen LogP contribution in [-0.4, -0.2) is 12.2 Å². The van der Waals surface area contributed by atoms with Gasteiger partial charge in [0, 0.05) is 30.5 Å². The summed E-state index contributed by atoms with van der Waals surface area (Å²) in [5, 5.41) is 0. The maximum absolute atomic E-state index is 6.04. The number of hydrogen-bond donors (Lipinski definition) is 0. The van der Waals surface area contributed by atoms with Gasteiger partial charge in [-0.1, -0.05) is 60.7 Å². The number of rotatable bonds is 7. The first-order valence-corrected chi connectivity index (χ1v) is 9.20. The van der Waals surface area contributed by atoms with Crippen LogP contribution < -0.4 is 9.30 Å². The van der Waals surface area contributed by atoms with E-state index < -0.39 is 0 Å². The Balaban J connectivity index is 1.21. The van der Waals surface area contributed by atoms with Gasteiger partial charge < -0.3 is 9.47 Å². The van der Waals surface area contributed by atoms with Crippen molar-refractivity contribution in [2.45, 2.75) is 38.2 Å². The van der Waals surface area contributed by atoms with Gasteiger partial charge in [0.05, 0.1) is 12.7 Å². The third-order valence-electron chi connectivity index (χ3n) is 4.75. The van der Waals surface area contributed by atoms with E-state index in [9.17, 15) is 0 Å². The third-order valence-corrected chi connectivity index (χ3v) is 4.75. The highest BCUT2D eigenvalue weighted by Crippen LogP contribution is 2.28. The molecule has 3 nitrogen and oxygen atoms in total. The van der Waals surface area contributed by atoms with Crippen molar-refractivity contribution in [3.8, 4) is 5.75 Å². The molecule has 2 aromatic carbocycles. The molecule has 3 heteroatoms. The number of benzene rings is 2. The van der Waals surface area contributed by atoms with Crippen molar-refractivity contribution in [2.75, 3.05) is 0 Å². The summed E-state index contributed by atoms with van der Waals surface area (Å²) in [7, 11) is 0. The largest absolute Gasteiger partial charge is 0.490 e. The summed E-state index contributed by atoms with van der Waals surface area (Å²) in [5.74, 6) is 0.931. The second-order valence-electron chi connectivity index (χ2n) is 6.82. The van der Waals surface area contributed by atoms with E-state index in [4.69, 9.17) is 9.47 Å². The summed E-state index contributed by atoms with van der Waals surface area (Å²) in [4.78, 5) is 0. The first kappa shape index (κ1) is 16.8. The van der Waals surface area contributed by atoms with Crippen LogP contribution in [0.4, 0.5) is 0 Å². The molecule has 1 aliphatic rings. The topological polar surface area (TPSA) is 22.3 Å². The maximum Gasteiger partial charge on any atom is 0.173 e. The molecule has 1 saturated carbocycles. The lowest BCUT2D eigenvalue weighted by molar-refractivity contribution is -0.688. The SMILES string of the molecule is c1ccc(CO[C@H]2C[C@H](Oc3cc[n+](Cc4ccccc4)cc3)C2)cc1. The molecule has 132 valence electrons. The summed E-state index contributed by atoms with van der Waals surface area (Å²) in [6.45, 7) is 1.56. The molecular weight excluding hydrogens is 322 g/mol. The van der Waals surface area contributed by atoms with Gasteiger partial charge >= 0.3 is 0 Å². The zero-order valence-electron chi connectivity index (χ0n) is 14.8. The Morgan fingerprint density at radius 1 is 0.731 bits per heavy atom. The number of nitrogens with zero attached hydrogens (tertiary/aromatic N) is 1. The van der Waals surface area contributed by atoms with Gasteiger partial charge in [-0.25, -0.2) is 4.57 Å². The standard InChI is InChI=1S/C23H24NO2/c1-3-7-19(8-4-1)17-24-13-11-21(12-14-24)26-23-15-22(16-23)25-18-20-9-5-2-6-10-20/h1-14,22-23H,15-18H2/q+1/t22-,23-. The lowest BCUT2D eigenvalue weighted by atomic mass is 9.92. The first-order valence-electron chi connectivity index (χ1n) is 9.20. The normalized spacial score (nSPS) is 18.9. The van der Waals surface area contributed by atoms with Crippen molar-refractivity contribution in [2.24, 2.45) is 0 Å². The van der Waals surface area contributed by atoms with Crippen molar-refractivity contribution in [3.05, 3.63) is 96.3 Å². The van der Waals surface area contributed by atoms with Crippen LogP contribution in [0.5, 0.6) is 5.75 Å². The summed E-state index contributed by atoms with van der Waals surface area (Å²) in [6.07, 6.45) is 6.65. The molecule has 1 fully saturated rings. The van der Waals surface area contributed by atoms with E-state index in [1.807, 2.05) is 36.4 Å². The molecule has 26 heavy (non-hydrogen) atoms. The van der Waals surface area contributed by atoms with E-state index in [0.717, 1.165) is 25.1 Å². The lowest BCUT2D eigenvalue weighted by Gasteiger charge is -2.35. The molecule has 3 aromatic rings. The minimum atomic E-state index is 0.265. The van der Waals surface area contributed by atoms with Crippen molar-refractivity contribution in [1.29, 1.82) is 0 Å². The molecule has 1 aromatic heterocycles. The predicted molar refractivity (Wildman–Crippen MR) is 101 cm³/mol. The van der Waals surface area contributed by atoms with E-state index >= 15 is 0 Å². The van der Waals surface area contributed by atoms with Crippen LogP contribution in [0, 0.1) is 0 Å². The molecule has 0 spiro atoms. The monoisotopic (exact) mass is 346 g/mol.